The molecule has 0 saturated carbocycles. The van der Waals surface area contributed by atoms with Gasteiger partial charge in [-0.3, -0.25) is 5.32 Å². The van der Waals surface area contributed by atoms with E-state index in [4.69, 9.17) is 20.4 Å². The largest absolute Gasteiger partial charge is 0.365 e. The molecule has 0 aromatic heterocycles. The van der Waals surface area contributed by atoms with Crippen LogP contribution in [-0.2, 0) is 0 Å². The van der Waals surface area contributed by atoms with Crippen LogP contribution >= 0.6 is 0 Å². The van der Waals surface area contributed by atoms with E-state index in [1.54, 1.807) is 0 Å². The van der Waals surface area contributed by atoms with E-state index in [0.717, 1.165) is 0 Å². The third kappa shape index (κ3) is 2.11. The molecule has 0 aromatic carbocycles. The predicted molar refractivity (Wildman–Crippen MR) is 36.2 cm³/mol. The van der Waals surface area contributed by atoms with E-state index in [1.807, 2.05) is 0 Å². The van der Waals surface area contributed by atoms with Gasteiger partial charge in [0.15, 0.2) is 5.79 Å². The highest BCUT2D eigenvalue weighted by molar-refractivity contribution is 4.88. The van der Waals surface area contributed by atoms with E-state index < -0.39 is 17.7 Å². The highest BCUT2D eigenvalue weighted by atomic mass is 16.5. The van der Waals surface area contributed by atoms with Gasteiger partial charge in [-0.05, 0) is 13.3 Å². The minimum atomic E-state index is -1.95. The van der Waals surface area contributed by atoms with Crippen molar-refractivity contribution in [1.82, 2.24) is 5.32 Å². The highest BCUT2D eigenvalue weighted by Gasteiger charge is 2.42. The zero-order valence-electron chi connectivity index (χ0n) is 6.28. The van der Waals surface area contributed by atoms with Crippen LogP contribution in [0.15, 0.2) is 0 Å². The van der Waals surface area contributed by atoms with E-state index in [2.05, 4.69) is 5.32 Å². The molecule has 0 radical (unpaired) electrons. The molecule has 1 aliphatic heterocycles. The van der Waals surface area contributed by atoms with E-state index >= 15 is 0 Å². The number of hydrogen-bond donors (Lipinski definition) is 5. The second-order valence-electron chi connectivity index (χ2n) is 3.15. The van der Waals surface area contributed by atoms with Gasteiger partial charge in [0.25, 0.3) is 0 Å². The summed E-state index contributed by atoms with van der Waals surface area (Å²) in [6, 6.07) is -0.683. The van der Waals surface area contributed by atoms with Gasteiger partial charge in [-0.15, -0.1) is 0 Å². The Hall–Kier alpha value is -0.200. The molecule has 1 atom stereocenters. The first-order valence-electron chi connectivity index (χ1n) is 3.48. The van der Waals surface area contributed by atoms with Crippen LogP contribution < -0.4 is 5.32 Å². The van der Waals surface area contributed by atoms with Gasteiger partial charge in [-0.1, -0.05) is 0 Å². The Morgan fingerprint density at radius 2 is 2.00 bits per heavy atom. The van der Waals surface area contributed by atoms with Crippen molar-refractivity contribution in [2.24, 2.45) is 0 Å². The van der Waals surface area contributed by atoms with Gasteiger partial charge in [-0.2, -0.15) is 0 Å². The minimum absolute atomic E-state index is 0.106. The monoisotopic (exact) mass is 163 g/mol. The lowest BCUT2D eigenvalue weighted by molar-refractivity contribution is -0.204. The molecule has 0 bridgehead atoms. The molecule has 5 heteroatoms. The van der Waals surface area contributed by atoms with Gasteiger partial charge in [0.05, 0.1) is 6.04 Å². The molecular formula is C6H13NO4. The molecule has 1 rings (SSSR count). The summed E-state index contributed by atoms with van der Waals surface area (Å²) in [6.07, 6.45) is 0.435. The Balaban J connectivity index is 2.55. The van der Waals surface area contributed by atoms with E-state index in [9.17, 15) is 0 Å². The molecule has 0 amide bonds. The van der Waals surface area contributed by atoms with Crippen molar-refractivity contribution in [2.45, 2.75) is 37.5 Å². The lowest BCUT2D eigenvalue weighted by Crippen LogP contribution is -2.52. The van der Waals surface area contributed by atoms with Crippen molar-refractivity contribution < 1.29 is 20.4 Å². The molecule has 1 heterocycles. The average molecular weight is 163 g/mol. The molecule has 11 heavy (non-hydrogen) atoms. The van der Waals surface area contributed by atoms with E-state index in [1.165, 1.54) is 6.92 Å². The summed E-state index contributed by atoms with van der Waals surface area (Å²) in [7, 11) is 0. The molecule has 5 N–H and O–H groups in total. The fraction of sp³-hybridized carbons (Fsp3) is 1.00. The Labute approximate surface area is 64.3 Å². The number of rotatable bonds is 1. The molecule has 0 spiro atoms. The first-order valence-corrected chi connectivity index (χ1v) is 3.48. The third-order valence-electron chi connectivity index (χ3n) is 1.85. The first-order chi connectivity index (χ1) is 4.81. The van der Waals surface area contributed by atoms with E-state index in [0.29, 0.717) is 6.42 Å². The minimum Gasteiger partial charge on any atom is -0.365 e. The van der Waals surface area contributed by atoms with Crippen LogP contribution in [0, 0.1) is 0 Å². The van der Waals surface area contributed by atoms with Gasteiger partial charge in [0.1, 0.15) is 0 Å². The third-order valence-corrected chi connectivity index (χ3v) is 1.85. The predicted octanol–water partition coefficient (Wildman–Crippen LogP) is -1.92. The summed E-state index contributed by atoms with van der Waals surface area (Å²) in [5.74, 6) is -3.84. The molecule has 1 saturated heterocycles. The number of nitrogens with one attached hydrogen (secondary N) is 1. The maximum Gasteiger partial charge on any atom is 0.222 e. The Morgan fingerprint density at radius 3 is 2.18 bits per heavy atom. The highest BCUT2D eigenvalue weighted by Crippen LogP contribution is 2.23. The summed E-state index contributed by atoms with van der Waals surface area (Å²) >= 11 is 0. The van der Waals surface area contributed by atoms with Gasteiger partial charge in [0.2, 0.25) is 5.91 Å². The summed E-state index contributed by atoms with van der Waals surface area (Å²) in [5, 5.41) is 38.2. The lowest BCUT2D eigenvalue weighted by atomic mass is 10.1. The van der Waals surface area contributed by atoms with Crippen LogP contribution in [0.25, 0.3) is 0 Å². The van der Waals surface area contributed by atoms with Crippen LogP contribution in [-0.4, -0.2) is 38.2 Å². The fourth-order valence-electron chi connectivity index (χ4n) is 1.18. The molecule has 0 aromatic rings. The number of hydrogen-bond acceptors (Lipinski definition) is 5. The summed E-state index contributed by atoms with van der Waals surface area (Å²) in [4.78, 5) is 0. The van der Waals surface area contributed by atoms with Gasteiger partial charge in [0, 0.05) is 6.42 Å². The normalized spacial score (nSPS) is 30.8. The second-order valence-corrected chi connectivity index (χ2v) is 3.15. The Bertz CT molecular complexity index is 151. The fourth-order valence-corrected chi connectivity index (χ4v) is 1.18. The molecule has 1 aliphatic rings. The topological polar surface area (TPSA) is 93.0 Å². The standard InChI is InChI=1S/C6H13NO4/c1-5(8,9)4-2-3-6(10,11)7-4/h4,7-11H,2-3H2,1H3. The molecule has 1 fully saturated rings. The van der Waals surface area contributed by atoms with Crippen LogP contribution in [0.1, 0.15) is 19.8 Å². The maximum absolute atomic E-state index is 9.02. The Morgan fingerprint density at radius 1 is 1.45 bits per heavy atom. The SMILES string of the molecule is CC(O)(O)C1CCC(O)(O)N1. The maximum atomic E-state index is 9.02. The van der Waals surface area contributed by atoms with Crippen molar-refractivity contribution in [1.29, 1.82) is 0 Å². The first kappa shape index (κ1) is 8.89. The summed E-state index contributed by atoms with van der Waals surface area (Å²) < 4.78 is 0. The Kier molecular flexibility index (Phi) is 1.94. The number of aliphatic hydroxyl groups is 4. The summed E-state index contributed by atoms with van der Waals surface area (Å²) in [6.45, 7) is 1.20. The van der Waals surface area contributed by atoms with Crippen molar-refractivity contribution >= 4 is 0 Å². The lowest BCUT2D eigenvalue weighted by Gasteiger charge is -2.25. The van der Waals surface area contributed by atoms with Gasteiger partial charge < -0.3 is 20.4 Å². The van der Waals surface area contributed by atoms with Crippen LogP contribution in [0.5, 0.6) is 0 Å². The van der Waals surface area contributed by atoms with E-state index in [-0.39, 0.29) is 6.42 Å². The molecule has 5 nitrogen and oxygen atoms in total. The molecule has 66 valence electrons. The van der Waals surface area contributed by atoms with Crippen LogP contribution in [0.3, 0.4) is 0 Å². The van der Waals surface area contributed by atoms with Gasteiger partial charge in [-0.25, -0.2) is 0 Å². The average Bonchev–Trinajstić information content (AvgIpc) is 2.07. The van der Waals surface area contributed by atoms with Crippen molar-refractivity contribution in [3.05, 3.63) is 0 Å². The zero-order valence-corrected chi connectivity index (χ0v) is 6.28. The van der Waals surface area contributed by atoms with Crippen molar-refractivity contribution in [2.75, 3.05) is 0 Å². The quantitative estimate of drug-likeness (QED) is 0.290. The van der Waals surface area contributed by atoms with Crippen LogP contribution in [0.2, 0.25) is 0 Å². The summed E-state index contributed by atoms with van der Waals surface area (Å²) in [5.41, 5.74) is 0. The van der Waals surface area contributed by atoms with Crippen LogP contribution in [0.4, 0.5) is 0 Å². The molecule has 1 unspecified atom stereocenters. The molecular weight excluding hydrogens is 150 g/mol. The second kappa shape index (κ2) is 2.40. The smallest absolute Gasteiger partial charge is 0.222 e. The van der Waals surface area contributed by atoms with Crippen molar-refractivity contribution in [3.63, 3.8) is 0 Å². The van der Waals surface area contributed by atoms with Crippen molar-refractivity contribution in [3.8, 4) is 0 Å². The zero-order chi connectivity index (χ0) is 8.70. The molecule has 0 aliphatic carbocycles. The van der Waals surface area contributed by atoms with Gasteiger partial charge >= 0.3 is 0 Å².